The van der Waals surface area contributed by atoms with Gasteiger partial charge in [-0.25, -0.2) is 9.59 Å². The standard InChI is InChI=1S/C15H21ClN2O3/c1-4-10(2)13(14(19)20)17-15(21)18(3)9-11-6-5-7-12(16)8-11/h5-8,10,13H,4,9H2,1-3H3,(H,17,21)(H,19,20)/t10?,13-/m0/s1. The Hall–Kier alpha value is -1.75. The highest BCUT2D eigenvalue weighted by molar-refractivity contribution is 6.30. The number of hydrogen-bond donors (Lipinski definition) is 2. The molecule has 5 nitrogen and oxygen atoms in total. The van der Waals surface area contributed by atoms with Crippen molar-refractivity contribution < 1.29 is 14.7 Å². The Bertz CT molecular complexity index is 507. The van der Waals surface area contributed by atoms with Gasteiger partial charge < -0.3 is 15.3 Å². The maximum atomic E-state index is 12.1. The van der Waals surface area contributed by atoms with Gasteiger partial charge in [0.05, 0.1) is 0 Å². The predicted octanol–water partition coefficient (Wildman–Crippen LogP) is 2.98. The number of rotatable bonds is 6. The Balaban J connectivity index is 2.67. The van der Waals surface area contributed by atoms with Gasteiger partial charge in [-0.2, -0.15) is 0 Å². The van der Waals surface area contributed by atoms with Crippen molar-refractivity contribution in [1.29, 1.82) is 0 Å². The maximum absolute atomic E-state index is 12.1. The van der Waals surface area contributed by atoms with Crippen molar-refractivity contribution >= 4 is 23.6 Å². The van der Waals surface area contributed by atoms with E-state index in [2.05, 4.69) is 5.32 Å². The summed E-state index contributed by atoms with van der Waals surface area (Å²) in [7, 11) is 1.62. The third kappa shape index (κ3) is 5.27. The fraction of sp³-hybridized carbons (Fsp3) is 0.467. The van der Waals surface area contributed by atoms with Crippen LogP contribution < -0.4 is 5.32 Å². The lowest BCUT2D eigenvalue weighted by atomic mass is 9.99. The number of halogens is 1. The van der Waals surface area contributed by atoms with Crippen LogP contribution in [0.1, 0.15) is 25.8 Å². The van der Waals surface area contributed by atoms with Crippen LogP contribution >= 0.6 is 11.6 Å². The molecule has 2 N–H and O–H groups in total. The van der Waals surface area contributed by atoms with Crippen LogP contribution in [-0.2, 0) is 11.3 Å². The van der Waals surface area contributed by atoms with E-state index in [0.29, 0.717) is 18.0 Å². The molecule has 116 valence electrons. The molecule has 1 aromatic rings. The van der Waals surface area contributed by atoms with Crippen molar-refractivity contribution in [2.45, 2.75) is 32.9 Å². The van der Waals surface area contributed by atoms with E-state index < -0.39 is 18.0 Å². The van der Waals surface area contributed by atoms with E-state index in [-0.39, 0.29) is 5.92 Å². The molecule has 1 aromatic carbocycles. The molecule has 0 saturated carbocycles. The fourth-order valence-corrected chi connectivity index (χ4v) is 2.12. The van der Waals surface area contributed by atoms with E-state index in [1.54, 1.807) is 26.1 Å². The fourth-order valence-electron chi connectivity index (χ4n) is 1.91. The SMILES string of the molecule is CCC(C)[C@H](NC(=O)N(C)Cc1cccc(Cl)c1)C(=O)O. The smallest absolute Gasteiger partial charge is 0.326 e. The van der Waals surface area contributed by atoms with E-state index in [4.69, 9.17) is 11.6 Å². The Labute approximate surface area is 129 Å². The summed E-state index contributed by atoms with van der Waals surface area (Å²) in [6.45, 7) is 4.05. The molecule has 0 aliphatic carbocycles. The number of aliphatic carboxylic acids is 1. The van der Waals surface area contributed by atoms with Crippen LogP contribution in [0.2, 0.25) is 5.02 Å². The van der Waals surface area contributed by atoms with Crippen LogP contribution in [0, 0.1) is 5.92 Å². The minimum Gasteiger partial charge on any atom is -0.480 e. The second-order valence-corrected chi connectivity index (χ2v) is 5.57. The quantitative estimate of drug-likeness (QED) is 0.848. The Kier molecular flexibility index (Phi) is 6.49. The summed E-state index contributed by atoms with van der Waals surface area (Å²) in [5.41, 5.74) is 0.885. The maximum Gasteiger partial charge on any atom is 0.326 e. The second kappa shape index (κ2) is 7.88. The number of nitrogens with one attached hydrogen (secondary N) is 1. The molecule has 21 heavy (non-hydrogen) atoms. The third-order valence-corrected chi connectivity index (χ3v) is 3.65. The molecular formula is C15H21ClN2O3. The monoisotopic (exact) mass is 312 g/mol. The number of hydrogen-bond acceptors (Lipinski definition) is 2. The Morgan fingerprint density at radius 1 is 1.43 bits per heavy atom. The van der Waals surface area contributed by atoms with Crippen molar-refractivity contribution in [2.24, 2.45) is 5.92 Å². The Morgan fingerprint density at radius 2 is 2.10 bits per heavy atom. The molecule has 1 rings (SSSR count). The first-order valence-electron chi connectivity index (χ1n) is 6.84. The highest BCUT2D eigenvalue weighted by atomic mass is 35.5. The predicted molar refractivity (Wildman–Crippen MR) is 82.3 cm³/mol. The van der Waals surface area contributed by atoms with Gasteiger partial charge in [-0.1, -0.05) is 44.0 Å². The van der Waals surface area contributed by atoms with Gasteiger partial charge in [0.2, 0.25) is 0 Å². The van der Waals surface area contributed by atoms with E-state index in [0.717, 1.165) is 5.56 Å². The number of amides is 2. The molecule has 0 fully saturated rings. The minimum atomic E-state index is -1.02. The minimum absolute atomic E-state index is 0.133. The summed E-state index contributed by atoms with van der Waals surface area (Å²) in [6, 6.07) is 5.90. The van der Waals surface area contributed by atoms with Gasteiger partial charge in [-0.05, 0) is 23.6 Å². The zero-order valence-electron chi connectivity index (χ0n) is 12.5. The summed E-state index contributed by atoms with van der Waals surface area (Å²) in [6.07, 6.45) is 0.676. The molecule has 0 aliphatic rings. The van der Waals surface area contributed by atoms with E-state index >= 15 is 0 Å². The lowest BCUT2D eigenvalue weighted by Crippen LogP contribution is -2.49. The molecule has 1 unspecified atom stereocenters. The molecule has 0 aromatic heterocycles. The Morgan fingerprint density at radius 3 is 2.62 bits per heavy atom. The largest absolute Gasteiger partial charge is 0.480 e. The van der Waals surface area contributed by atoms with Crippen molar-refractivity contribution in [3.63, 3.8) is 0 Å². The highest BCUT2D eigenvalue weighted by Crippen LogP contribution is 2.13. The lowest BCUT2D eigenvalue weighted by molar-refractivity contribution is -0.140. The average Bonchev–Trinajstić information content (AvgIpc) is 2.43. The number of carbonyl (C=O) groups is 2. The molecule has 0 heterocycles. The second-order valence-electron chi connectivity index (χ2n) is 5.14. The van der Waals surface area contributed by atoms with Crippen LogP contribution in [0.3, 0.4) is 0 Å². The van der Waals surface area contributed by atoms with E-state index in [1.165, 1.54) is 4.90 Å². The molecule has 0 radical (unpaired) electrons. The van der Waals surface area contributed by atoms with Crippen LogP contribution in [0.25, 0.3) is 0 Å². The summed E-state index contributed by atoms with van der Waals surface area (Å²) in [5.74, 6) is -1.15. The topological polar surface area (TPSA) is 69.6 Å². The van der Waals surface area contributed by atoms with E-state index in [9.17, 15) is 14.7 Å². The number of carboxylic acid groups (broad SMARTS) is 1. The molecule has 2 atom stereocenters. The van der Waals surface area contributed by atoms with Gasteiger partial charge in [-0.15, -0.1) is 0 Å². The average molecular weight is 313 g/mol. The van der Waals surface area contributed by atoms with Gasteiger partial charge in [0.1, 0.15) is 6.04 Å². The first-order chi connectivity index (χ1) is 9.85. The zero-order chi connectivity index (χ0) is 16.0. The van der Waals surface area contributed by atoms with Crippen molar-refractivity contribution in [2.75, 3.05) is 7.05 Å². The first kappa shape index (κ1) is 17.3. The number of urea groups is 1. The normalized spacial score (nSPS) is 13.3. The number of nitrogens with zero attached hydrogens (tertiary/aromatic N) is 1. The zero-order valence-corrected chi connectivity index (χ0v) is 13.2. The van der Waals surface area contributed by atoms with Gasteiger partial charge in [0, 0.05) is 18.6 Å². The highest BCUT2D eigenvalue weighted by Gasteiger charge is 2.26. The molecule has 0 aliphatic heterocycles. The number of carboxylic acids is 1. The van der Waals surface area contributed by atoms with Gasteiger partial charge >= 0.3 is 12.0 Å². The molecule has 0 spiro atoms. The summed E-state index contributed by atoms with van der Waals surface area (Å²) >= 11 is 5.90. The first-order valence-corrected chi connectivity index (χ1v) is 7.21. The van der Waals surface area contributed by atoms with Crippen LogP contribution in [-0.4, -0.2) is 35.1 Å². The molecule has 0 bridgehead atoms. The van der Waals surface area contributed by atoms with Crippen LogP contribution in [0.15, 0.2) is 24.3 Å². The molecule has 0 saturated heterocycles. The summed E-state index contributed by atoms with van der Waals surface area (Å²) in [4.78, 5) is 24.7. The third-order valence-electron chi connectivity index (χ3n) is 3.41. The number of carbonyl (C=O) groups excluding carboxylic acids is 1. The lowest BCUT2D eigenvalue weighted by Gasteiger charge is -2.24. The van der Waals surface area contributed by atoms with Gasteiger partial charge in [0.15, 0.2) is 0 Å². The van der Waals surface area contributed by atoms with Gasteiger partial charge in [-0.3, -0.25) is 0 Å². The molecular weight excluding hydrogens is 292 g/mol. The van der Waals surface area contributed by atoms with Crippen molar-refractivity contribution in [3.05, 3.63) is 34.9 Å². The van der Waals surface area contributed by atoms with Crippen molar-refractivity contribution in [1.82, 2.24) is 10.2 Å². The van der Waals surface area contributed by atoms with Crippen LogP contribution in [0.4, 0.5) is 4.79 Å². The van der Waals surface area contributed by atoms with Crippen LogP contribution in [0.5, 0.6) is 0 Å². The molecule has 2 amide bonds. The molecule has 6 heteroatoms. The van der Waals surface area contributed by atoms with Gasteiger partial charge in [0.25, 0.3) is 0 Å². The van der Waals surface area contributed by atoms with Crippen molar-refractivity contribution in [3.8, 4) is 0 Å². The summed E-state index contributed by atoms with van der Waals surface area (Å²) < 4.78 is 0. The number of benzene rings is 1. The summed E-state index contributed by atoms with van der Waals surface area (Å²) in [5, 5.41) is 12.3. The van der Waals surface area contributed by atoms with E-state index in [1.807, 2.05) is 19.1 Å².